The smallest absolute Gasteiger partial charge is 0.251 e. The van der Waals surface area contributed by atoms with Crippen LogP contribution in [0.1, 0.15) is 28.7 Å². The van der Waals surface area contributed by atoms with Gasteiger partial charge < -0.3 is 5.32 Å². The molecule has 0 spiro atoms. The summed E-state index contributed by atoms with van der Waals surface area (Å²) in [6.07, 6.45) is 0. The minimum absolute atomic E-state index is 0.237. The molecule has 0 bridgehead atoms. The van der Waals surface area contributed by atoms with Gasteiger partial charge in [-0.1, -0.05) is 13.0 Å². The molecular weight excluding hydrogens is 269 g/mol. The highest BCUT2D eigenvalue weighted by atomic mass is 19.1. The van der Waals surface area contributed by atoms with Crippen molar-refractivity contribution in [2.75, 3.05) is 6.54 Å². The first kappa shape index (κ1) is 15.2. The number of aromatic nitrogens is 2. The number of hydrogen-bond acceptors (Lipinski definition) is 2. The van der Waals surface area contributed by atoms with Crippen LogP contribution in [0.2, 0.25) is 0 Å². The zero-order valence-electron chi connectivity index (χ0n) is 12.6. The lowest BCUT2D eigenvalue weighted by Crippen LogP contribution is -2.30. The Labute approximate surface area is 124 Å². The second kappa shape index (κ2) is 6.52. The fraction of sp³-hybridized carbons (Fsp3) is 0.375. The Morgan fingerprint density at radius 3 is 2.76 bits per heavy atom. The molecule has 0 saturated carbocycles. The second-order valence-corrected chi connectivity index (χ2v) is 5.43. The quantitative estimate of drug-likeness (QED) is 0.920. The summed E-state index contributed by atoms with van der Waals surface area (Å²) in [6, 6.07) is 7.72. The van der Waals surface area contributed by atoms with Gasteiger partial charge in [-0.25, -0.2) is 4.39 Å². The number of halogens is 1. The van der Waals surface area contributed by atoms with E-state index in [9.17, 15) is 9.18 Å². The highest BCUT2D eigenvalue weighted by Crippen LogP contribution is 2.07. The third-order valence-electron chi connectivity index (χ3n) is 3.29. The summed E-state index contributed by atoms with van der Waals surface area (Å²) in [5.41, 5.74) is 2.44. The summed E-state index contributed by atoms with van der Waals surface area (Å²) in [4.78, 5) is 11.9. The van der Waals surface area contributed by atoms with Gasteiger partial charge in [0.25, 0.3) is 5.91 Å². The molecule has 1 N–H and O–H groups in total. The zero-order valence-corrected chi connectivity index (χ0v) is 12.6. The van der Waals surface area contributed by atoms with Gasteiger partial charge in [-0.15, -0.1) is 0 Å². The molecule has 0 aliphatic carbocycles. The van der Waals surface area contributed by atoms with Crippen molar-refractivity contribution in [3.63, 3.8) is 0 Å². The first-order chi connectivity index (χ1) is 9.95. The van der Waals surface area contributed by atoms with Crippen molar-refractivity contribution in [2.45, 2.75) is 27.3 Å². The third kappa shape index (κ3) is 4.15. The molecule has 0 radical (unpaired) electrons. The third-order valence-corrected chi connectivity index (χ3v) is 3.29. The molecule has 1 atom stereocenters. The number of aryl methyl sites for hydroxylation is 2. The van der Waals surface area contributed by atoms with Crippen molar-refractivity contribution >= 4 is 5.91 Å². The van der Waals surface area contributed by atoms with E-state index in [2.05, 4.69) is 10.4 Å². The van der Waals surface area contributed by atoms with E-state index >= 15 is 0 Å². The predicted molar refractivity (Wildman–Crippen MR) is 79.6 cm³/mol. The average molecular weight is 289 g/mol. The van der Waals surface area contributed by atoms with Crippen LogP contribution in [0.4, 0.5) is 4.39 Å². The summed E-state index contributed by atoms with van der Waals surface area (Å²) in [7, 11) is 0. The van der Waals surface area contributed by atoms with E-state index in [4.69, 9.17) is 0 Å². The van der Waals surface area contributed by atoms with Gasteiger partial charge in [0.2, 0.25) is 0 Å². The van der Waals surface area contributed by atoms with Crippen molar-refractivity contribution in [1.29, 1.82) is 0 Å². The van der Waals surface area contributed by atoms with Gasteiger partial charge in [-0.05, 0) is 44.0 Å². The molecule has 0 aliphatic rings. The fourth-order valence-corrected chi connectivity index (χ4v) is 2.22. The minimum Gasteiger partial charge on any atom is -0.352 e. The molecule has 0 aliphatic heterocycles. The van der Waals surface area contributed by atoms with Crippen LogP contribution < -0.4 is 5.32 Å². The molecule has 1 heterocycles. The highest BCUT2D eigenvalue weighted by Gasteiger charge is 2.10. The number of nitrogens with one attached hydrogen (secondary N) is 1. The number of carbonyl (C=O) groups excluding carboxylic acids is 1. The maximum absolute atomic E-state index is 13.1. The Bertz CT molecular complexity index is 636. The van der Waals surface area contributed by atoms with E-state index in [-0.39, 0.29) is 11.8 Å². The lowest BCUT2D eigenvalue weighted by molar-refractivity contribution is 0.0946. The molecule has 0 fully saturated rings. The first-order valence-corrected chi connectivity index (χ1v) is 7.00. The van der Waals surface area contributed by atoms with Gasteiger partial charge in [0.1, 0.15) is 5.82 Å². The van der Waals surface area contributed by atoms with Crippen LogP contribution in [0, 0.1) is 25.6 Å². The van der Waals surface area contributed by atoms with E-state index in [1.807, 2.05) is 31.5 Å². The molecule has 1 aromatic carbocycles. The number of benzene rings is 1. The summed E-state index contributed by atoms with van der Waals surface area (Å²) in [6.45, 7) is 7.27. The van der Waals surface area contributed by atoms with Gasteiger partial charge in [-0.3, -0.25) is 9.48 Å². The van der Waals surface area contributed by atoms with E-state index in [0.717, 1.165) is 17.9 Å². The molecule has 1 aromatic heterocycles. The molecule has 112 valence electrons. The lowest BCUT2D eigenvalue weighted by Gasteiger charge is -2.14. The normalized spacial score (nSPS) is 12.2. The van der Waals surface area contributed by atoms with Crippen LogP contribution in [-0.4, -0.2) is 22.2 Å². The Morgan fingerprint density at radius 2 is 2.14 bits per heavy atom. The Morgan fingerprint density at radius 1 is 1.38 bits per heavy atom. The SMILES string of the molecule is Cc1cc(C)n(C[C@@H](C)CNC(=O)c2cccc(F)c2)n1. The van der Waals surface area contributed by atoms with Crippen molar-refractivity contribution < 1.29 is 9.18 Å². The van der Waals surface area contributed by atoms with Gasteiger partial charge in [0.05, 0.1) is 5.69 Å². The van der Waals surface area contributed by atoms with Crippen LogP contribution in [0.25, 0.3) is 0 Å². The topological polar surface area (TPSA) is 46.9 Å². The van der Waals surface area contributed by atoms with Gasteiger partial charge in [-0.2, -0.15) is 5.10 Å². The van der Waals surface area contributed by atoms with Crippen LogP contribution in [0.3, 0.4) is 0 Å². The van der Waals surface area contributed by atoms with Crippen LogP contribution >= 0.6 is 0 Å². The zero-order chi connectivity index (χ0) is 15.4. The largest absolute Gasteiger partial charge is 0.352 e. The average Bonchev–Trinajstić information content (AvgIpc) is 2.74. The molecule has 2 aromatic rings. The first-order valence-electron chi connectivity index (χ1n) is 7.00. The number of hydrogen-bond donors (Lipinski definition) is 1. The molecule has 4 nitrogen and oxygen atoms in total. The minimum atomic E-state index is -0.404. The van der Waals surface area contributed by atoms with Crippen molar-refractivity contribution in [3.8, 4) is 0 Å². The van der Waals surface area contributed by atoms with Crippen LogP contribution in [-0.2, 0) is 6.54 Å². The van der Waals surface area contributed by atoms with Crippen LogP contribution in [0.15, 0.2) is 30.3 Å². The number of rotatable bonds is 5. The number of amides is 1. The fourth-order valence-electron chi connectivity index (χ4n) is 2.22. The maximum atomic E-state index is 13.1. The maximum Gasteiger partial charge on any atom is 0.251 e. The Hall–Kier alpha value is -2.17. The molecule has 0 unspecified atom stereocenters. The Balaban J connectivity index is 1.88. The van der Waals surface area contributed by atoms with Gasteiger partial charge >= 0.3 is 0 Å². The van der Waals surface area contributed by atoms with E-state index in [1.54, 1.807) is 6.07 Å². The van der Waals surface area contributed by atoms with E-state index < -0.39 is 5.82 Å². The number of carbonyl (C=O) groups is 1. The molecule has 0 saturated heterocycles. The summed E-state index contributed by atoms with van der Waals surface area (Å²) < 4.78 is 15.0. The lowest BCUT2D eigenvalue weighted by atomic mass is 10.1. The van der Waals surface area contributed by atoms with E-state index in [1.165, 1.54) is 18.2 Å². The monoisotopic (exact) mass is 289 g/mol. The van der Waals surface area contributed by atoms with E-state index in [0.29, 0.717) is 12.1 Å². The Kier molecular flexibility index (Phi) is 4.73. The molecule has 21 heavy (non-hydrogen) atoms. The van der Waals surface area contributed by atoms with Gasteiger partial charge in [0, 0.05) is 24.3 Å². The molecule has 5 heteroatoms. The van der Waals surface area contributed by atoms with Gasteiger partial charge in [0.15, 0.2) is 0 Å². The summed E-state index contributed by atoms with van der Waals surface area (Å²) >= 11 is 0. The van der Waals surface area contributed by atoms with Crippen molar-refractivity contribution in [3.05, 3.63) is 53.1 Å². The number of nitrogens with zero attached hydrogens (tertiary/aromatic N) is 2. The second-order valence-electron chi connectivity index (χ2n) is 5.43. The molecule has 1 amide bonds. The molecule has 2 rings (SSSR count). The summed E-state index contributed by atoms with van der Waals surface area (Å²) in [5, 5.41) is 7.23. The highest BCUT2D eigenvalue weighted by molar-refractivity contribution is 5.94. The van der Waals surface area contributed by atoms with Crippen LogP contribution in [0.5, 0.6) is 0 Å². The predicted octanol–water partition coefficient (Wildman–Crippen LogP) is 2.71. The van der Waals surface area contributed by atoms with Crippen molar-refractivity contribution in [1.82, 2.24) is 15.1 Å². The molecular formula is C16H20FN3O. The standard InChI is InChI=1S/C16H20FN3O/c1-11(10-20-13(3)7-12(2)19-20)9-18-16(21)14-5-4-6-15(17)8-14/h4-8,11H,9-10H2,1-3H3,(H,18,21)/t11-/m0/s1. The van der Waals surface area contributed by atoms with Crippen molar-refractivity contribution in [2.24, 2.45) is 5.92 Å². The summed E-state index contributed by atoms with van der Waals surface area (Å²) in [5.74, 6) is -0.423.